The fourth-order valence-electron chi connectivity index (χ4n) is 1.60. The predicted octanol–water partition coefficient (Wildman–Crippen LogP) is 2.27. The van der Waals surface area contributed by atoms with Crippen LogP contribution in [0.1, 0.15) is 17.3 Å². The molecule has 0 atom stereocenters. The van der Waals surface area contributed by atoms with E-state index in [1.807, 2.05) is 0 Å². The summed E-state index contributed by atoms with van der Waals surface area (Å²) in [6, 6.07) is 9.64. The van der Waals surface area contributed by atoms with Gasteiger partial charge in [-0.25, -0.2) is 9.78 Å². The van der Waals surface area contributed by atoms with Crippen LogP contribution in [0.3, 0.4) is 0 Å². The molecule has 0 radical (unpaired) electrons. The average molecular weight is 286 g/mol. The first kappa shape index (κ1) is 14.5. The number of benzene rings is 1. The smallest absolute Gasteiger partial charge is 0.345 e. The minimum Gasteiger partial charge on any atom is -0.481 e. The molecule has 1 amide bonds. The molecule has 2 rings (SSSR count). The zero-order chi connectivity index (χ0) is 15.2. The summed E-state index contributed by atoms with van der Waals surface area (Å²) in [5.41, 5.74) is 0.954. The molecule has 1 aromatic carbocycles. The Bertz CT molecular complexity index is 636. The summed E-state index contributed by atoms with van der Waals surface area (Å²) in [7, 11) is 1.50. The first-order valence-corrected chi connectivity index (χ1v) is 6.18. The molecule has 0 aliphatic rings. The summed E-state index contributed by atoms with van der Waals surface area (Å²) >= 11 is 0. The Morgan fingerprint density at radius 1 is 1.10 bits per heavy atom. The maximum Gasteiger partial charge on any atom is 0.345 e. The Kier molecular flexibility index (Phi) is 4.50. The number of carbonyl (C=O) groups is 2. The van der Waals surface area contributed by atoms with Gasteiger partial charge in [-0.1, -0.05) is 0 Å². The summed E-state index contributed by atoms with van der Waals surface area (Å²) in [6.07, 6.45) is 1.38. The van der Waals surface area contributed by atoms with Crippen molar-refractivity contribution in [3.05, 3.63) is 48.2 Å². The van der Waals surface area contributed by atoms with E-state index in [0.717, 1.165) is 0 Å². The highest BCUT2D eigenvalue weighted by Gasteiger charge is 2.09. The third-order valence-electron chi connectivity index (χ3n) is 2.57. The minimum absolute atomic E-state index is 0.163. The highest BCUT2D eigenvalue weighted by Crippen LogP contribution is 2.17. The number of nitrogens with one attached hydrogen (secondary N) is 1. The minimum atomic E-state index is -0.516. The summed E-state index contributed by atoms with van der Waals surface area (Å²) in [5.74, 6) is 0.123. The number of carbonyl (C=O) groups excluding carboxylic acids is 2. The van der Waals surface area contributed by atoms with Crippen LogP contribution in [0.5, 0.6) is 11.6 Å². The number of ether oxygens (including phenoxy) is 2. The molecular formula is C15H14N2O4. The largest absolute Gasteiger partial charge is 0.481 e. The monoisotopic (exact) mass is 286 g/mol. The molecule has 0 unspecified atom stereocenters. The van der Waals surface area contributed by atoms with Crippen molar-refractivity contribution in [2.45, 2.75) is 6.92 Å². The van der Waals surface area contributed by atoms with Gasteiger partial charge in [0, 0.05) is 24.9 Å². The van der Waals surface area contributed by atoms with E-state index in [1.54, 1.807) is 36.4 Å². The van der Waals surface area contributed by atoms with Crippen molar-refractivity contribution in [3.8, 4) is 11.6 Å². The molecule has 0 aliphatic carbocycles. The van der Waals surface area contributed by atoms with E-state index >= 15 is 0 Å². The maximum absolute atomic E-state index is 11.9. The second kappa shape index (κ2) is 6.51. The normalized spacial score (nSPS) is 9.81. The van der Waals surface area contributed by atoms with Crippen molar-refractivity contribution in [1.82, 2.24) is 4.98 Å². The highest BCUT2D eigenvalue weighted by atomic mass is 16.5. The number of aromatic nitrogens is 1. The summed E-state index contributed by atoms with van der Waals surface area (Å²) < 4.78 is 10.1. The summed E-state index contributed by atoms with van der Waals surface area (Å²) in [4.78, 5) is 26.7. The SMILES string of the molecule is COc1ccc(C(=O)Oc2ccc(NC(C)=O)cc2)cn1. The van der Waals surface area contributed by atoms with E-state index in [9.17, 15) is 9.59 Å². The molecule has 6 heteroatoms. The van der Waals surface area contributed by atoms with Crippen molar-refractivity contribution in [2.24, 2.45) is 0 Å². The molecular weight excluding hydrogens is 272 g/mol. The number of esters is 1. The molecule has 0 fully saturated rings. The number of amides is 1. The summed E-state index contributed by atoms with van der Waals surface area (Å²) in [5, 5.41) is 2.63. The van der Waals surface area contributed by atoms with Crippen LogP contribution in [0.2, 0.25) is 0 Å². The van der Waals surface area contributed by atoms with Crippen LogP contribution in [0.15, 0.2) is 42.6 Å². The second-order valence-corrected chi connectivity index (χ2v) is 4.18. The van der Waals surface area contributed by atoms with Crippen molar-refractivity contribution in [2.75, 3.05) is 12.4 Å². The van der Waals surface area contributed by atoms with E-state index in [-0.39, 0.29) is 5.91 Å². The maximum atomic E-state index is 11.9. The van der Waals surface area contributed by atoms with E-state index in [0.29, 0.717) is 22.9 Å². The zero-order valence-corrected chi connectivity index (χ0v) is 11.6. The fraction of sp³-hybridized carbons (Fsp3) is 0.133. The molecule has 0 aliphatic heterocycles. The van der Waals surface area contributed by atoms with E-state index in [4.69, 9.17) is 9.47 Å². The van der Waals surface area contributed by atoms with Crippen LogP contribution in [-0.4, -0.2) is 24.0 Å². The fourth-order valence-corrected chi connectivity index (χ4v) is 1.60. The van der Waals surface area contributed by atoms with Crippen LogP contribution in [0, 0.1) is 0 Å². The van der Waals surface area contributed by atoms with Gasteiger partial charge in [-0.05, 0) is 30.3 Å². The standard InChI is InChI=1S/C15H14N2O4/c1-10(18)17-12-4-6-13(7-5-12)21-15(19)11-3-8-14(20-2)16-9-11/h3-9H,1-2H3,(H,17,18). The van der Waals surface area contributed by atoms with Crippen molar-refractivity contribution in [1.29, 1.82) is 0 Å². The molecule has 1 heterocycles. The number of hydrogen-bond donors (Lipinski definition) is 1. The molecule has 0 saturated heterocycles. The molecule has 21 heavy (non-hydrogen) atoms. The third-order valence-corrected chi connectivity index (χ3v) is 2.57. The van der Waals surface area contributed by atoms with Gasteiger partial charge in [-0.2, -0.15) is 0 Å². The van der Waals surface area contributed by atoms with Crippen LogP contribution >= 0.6 is 0 Å². The van der Waals surface area contributed by atoms with Crippen molar-refractivity contribution in [3.63, 3.8) is 0 Å². The van der Waals surface area contributed by atoms with Gasteiger partial charge in [-0.15, -0.1) is 0 Å². The molecule has 0 bridgehead atoms. The average Bonchev–Trinajstić information content (AvgIpc) is 2.49. The predicted molar refractivity (Wildman–Crippen MR) is 76.5 cm³/mol. The molecule has 2 aromatic rings. The van der Waals surface area contributed by atoms with Crippen LogP contribution in [0.4, 0.5) is 5.69 Å². The summed E-state index contributed by atoms with van der Waals surface area (Å²) in [6.45, 7) is 1.42. The zero-order valence-electron chi connectivity index (χ0n) is 11.6. The molecule has 1 aromatic heterocycles. The molecule has 0 spiro atoms. The van der Waals surface area contributed by atoms with Gasteiger partial charge in [0.05, 0.1) is 12.7 Å². The molecule has 108 valence electrons. The first-order chi connectivity index (χ1) is 10.1. The van der Waals surface area contributed by atoms with Crippen molar-refractivity contribution >= 4 is 17.6 Å². The Morgan fingerprint density at radius 2 is 1.81 bits per heavy atom. The first-order valence-electron chi connectivity index (χ1n) is 6.18. The number of methoxy groups -OCH3 is 1. The van der Waals surface area contributed by atoms with E-state index < -0.39 is 5.97 Å². The molecule has 0 saturated carbocycles. The van der Waals surface area contributed by atoms with Gasteiger partial charge >= 0.3 is 5.97 Å². The topological polar surface area (TPSA) is 77.5 Å². The van der Waals surface area contributed by atoms with E-state index in [2.05, 4.69) is 10.3 Å². The Hall–Kier alpha value is -2.89. The van der Waals surface area contributed by atoms with Gasteiger partial charge in [-0.3, -0.25) is 4.79 Å². The lowest BCUT2D eigenvalue weighted by molar-refractivity contribution is -0.114. The quantitative estimate of drug-likeness (QED) is 0.689. The van der Waals surface area contributed by atoms with Gasteiger partial charge in [0.15, 0.2) is 0 Å². The number of hydrogen-bond acceptors (Lipinski definition) is 5. The Balaban J connectivity index is 2.03. The Labute approximate surface area is 121 Å². The van der Waals surface area contributed by atoms with Crippen LogP contribution in [-0.2, 0) is 4.79 Å². The van der Waals surface area contributed by atoms with Crippen molar-refractivity contribution < 1.29 is 19.1 Å². The van der Waals surface area contributed by atoms with E-state index in [1.165, 1.54) is 20.2 Å². The lowest BCUT2D eigenvalue weighted by Gasteiger charge is -2.06. The second-order valence-electron chi connectivity index (χ2n) is 4.18. The molecule has 1 N–H and O–H groups in total. The van der Waals surface area contributed by atoms with Gasteiger partial charge in [0.2, 0.25) is 11.8 Å². The highest BCUT2D eigenvalue weighted by molar-refractivity contribution is 5.91. The lowest BCUT2D eigenvalue weighted by Crippen LogP contribution is -2.09. The van der Waals surface area contributed by atoms with Gasteiger partial charge < -0.3 is 14.8 Å². The molecule has 6 nitrogen and oxygen atoms in total. The van der Waals surface area contributed by atoms with Gasteiger partial charge in [0.1, 0.15) is 5.75 Å². The van der Waals surface area contributed by atoms with Crippen LogP contribution in [0.25, 0.3) is 0 Å². The lowest BCUT2D eigenvalue weighted by atomic mass is 10.2. The number of rotatable bonds is 4. The third kappa shape index (κ3) is 4.04. The Morgan fingerprint density at radius 3 is 2.33 bits per heavy atom. The van der Waals surface area contributed by atoms with Crippen LogP contribution < -0.4 is 14.8 Å². The number of pyridine rings is 1. The van der Waals surface area contributed by atoms with Gasteiger partial charge in [0.25, 0.3) is 0 Å². The number of anilines is 1. The number of nitrogens with zero attached hydrogens (tertiary/aromatic N) is 1.